The van der Waals surface area contributed by atoms with Crippen LogP contribution in [0.2, 0.25) is 5.02 Å². The summed E-state index contributed by atoms with van der Waals surface area (Å²) in [5, 5.41) is 3.53. The molecule has 1 aliphatic rings. The lowest BCUT2D eigenvalue weighted by atomic mass is 9.87. The van der Waals surface area contributed by atoms with Gasteiger partial charge in [0.1, 0.15) is 0 Å². The number of unbranched alkanes of at least 4 members (excludes halogenated alkanes) is 1. The molecule has 0 saturated carbocycles. The summed E-state index contributed by atoms with van der Waals surface area (Å²) < 4.78 is 11.1. The van der Waals surface area contributed by atoms with E-state index in [4.69, 9.17) is 21.1 Å². The number of carbonyl (C=O) groups is 2. The van der Waals surface area contributed by atoms with Crippen molar-refractivity contribution < 1.29 is 19.1 Å². The number of carbonyl (C=O) groups excluding carboxylic acids is 2. The van der Waals surface area contributed by atoms with Crippen molar-refractivity contribution in [3.8, 4) is 11.5 Å². The van der Waals surface area contributed by atoms with Gasteiger partial charge in [-0.25, -0.2) is 0 Å². The van der Waals surface area contributed by atoms with Gasteiger partial charge >= 0.3 is 0 Å². The molecule has 2 aromatic carbocycles. The first-order valence-electron chi connectivity index (χ1n) is 10.5. The molecular weight excluding hydrogens is 416 g/mol. The van der Waals surface area contributed by atoms with Gasteiger partial charge in [-0.1, -0.05) is 43.1 Å². The van der Waals surface area contributed by atoms with Gasteiger partial charge in [0.2, 0.25) is 5.91 Å². The second-order valence-electron chi connectivity index (χ2n) is 7.66. The number of rotatable bonds is 8. The highest BCUT2D eigenvalue weighted by molar-refractivity contribution is 6.30. The Balaban J connectivity index is 1.93. The summed E-state index contributed by atoms with van der Waals surface area (Å²) in [6.07, 6.45) is 1.91. The molecule has 1 aliphatic heterocycles. The van der Waals surface area contributed by atoms with E-state index in [1.807, 2.05) is 18.2 Å². The van der Waals surface area contributed by atoms with Crippen LogP contribution in [0.25, 0.3) is 0 Å². The third-order valence-electron chi connectivity index (χ3n) is 5.68. The van der Waals surface area contributed by atoms with E-state index >= 15 is 0 Å². The molecule has 166 valence electrons. The number of hydrogen-bond donors (Lipinski definition) is 1. The summed E-state index contributed by atoms with van der Waals surface area (Å²) in [7, 11) is 3.17. The minimum absolute atomic E-state index is 0.0512. The lowest BCUT2D eigenvalue weighted by Crippen LogP contribution is -2.36. The molecule has 6 nitrogen and oxygen atoms in total. The van der Waals surface area contributed by atoms with Crippen LogP contribution in [0.3, 0.4) is 0 Å². The number of methoxy groups -OCH3 is 2. The van der Waals surface area contributed by atoms with Crippen molar-refractivity contribution in [1.29, 1.82) is 0 Å². The van der Waals surface area contributed by atoms with Crippen LogP contribution < -0.4 is 14.8 Å². The zero-order valence-corrected chi connectivity index (χ0v) is 18.9. The fraction of sp³-hybridized carbons (Fsp3) is 0.417. The summed E-state index contributed by atoms with van der Waals surface area (Å²) in [6.45, 7) is 3.43. The number of halogens is 1. The fourth-order valence-corrected chi connectivity index (χ4v) is 4.27. The molecule has 1 fully saturated rings. The van der Waals surface area contributed by atoms with Crippen molar-refractivity contribution in [3.05, 3.63) is 58.6 Å². The van der Waals surface area contributed by atoms with Crippen LogP contribution in [0.15, 0.2) is 42.5 Å². The molecule has 0 aromatic heterocycles. The number of nitrogens with one attached hydrogen (secondary N) is 1. The lowest BCUT2D eigenvalue weighted by molar-refractivity contribution is -0.124. The Labute approximate surface area is 188 Å². The Morgan fingerprint density at radius 2 is 1.90 bits per heavy atom. The van der Waals surface area contributed by atoms with Crippen LogP contribution in [0.4, 0.5) is 0 Å². The molecule has 1 heterocycles. The van der Waals surface area contributed by atoms with Crippen LogP contribution in [-0.2, 0) is 4.79 Å². The summed E-state index contributed by atoms with van der Waals surface area (Å²) in [5.74, 6) is 0.405. The normalized spacial score (nSPS) is 18.0. The maximum Gasteiger partial charge on any atom is 0.253 e. The molecule has 3 rings (SSSR count). The zero-order chi connectivity index (χ0) is 22.4. The number of hydrogen-bond acceptors (Lipinski definition) is 4. The molecule has 2 atom stereocenters. The zero-order valence-electron chi connectivity index (χ0n) is 18.2. The second kappa shape index (κ2) is 10.5. The van der Waals surface area contributed by atoms with Crippen molar-refractivity contribution in [2.45, 2.75) is 25.7 Å². The SMILES string of the molecule is CCCCNC(=O)[C@@H]1CN(C(=O)c2cccc(Cl)c2)C[C@@H]1c1cccc(OC)c1OC. The van der Waals surface area contributed by atoms with Crippen LogP contribution in [0.5, 0.6) is 11.5 Å². The predicted octanol–water partition coefficient (Wildman–Crippen LogP) is 4.13. The standard InChI is InChI=1S/C24H29ClN2O4/c1-4-5-12-26-23(28)20-15-27(24(29)16-8-6-9-17(25)13-16)14-19(20)18-10-7-11-21(30-2)22(18)31-3/h6-11,13,19-20H,4-5,12,14-15H2,1-3H3,(H,26,28)/t19-,20-/m1/s1. The van der Waals surface area contributed by atoms with Gasteiger partial charge in [0.15, 0.2) is 11.5 Å². The van der Waals surface area contributed by atoms with E-state index in [2.05, 4.69) is 12.2 Å². The Morgan fingerprint density at radius 3 is 2.58 bits per heavy atom. The summed E-state index contributed by atoms with van der Waals surface area (Å²) >= 11 is 6.08. The Morgan fingerprint density at radius 1 is 1.13 bits per heavy atom. The van der Waals surface area contributed by atoms with Gasteiger partial charge in [0, 0.05) is 41.7 Å². The van der Waals surface area contributed by atoms with Gasteiger partial charge < -0.3 is 19.7 Å². The molecular formula is C24H29ClN2O4. The number of ether oxygens (including phenoxy) is 2. The number of nitrogens with zero attached hydrogens (tertiary/aromatic N) is 1. The molecule has 0 unspecified atom stereocenters. The van der Waals surface area contributed by atoms with E-state index in [0.29, 0.717) is 41.7 Å². The van der Waals surface area contributed by atoms with E-state index in [9.17, 15) is 9.59 Å². The number of benzene rings is 2. The maximum atomic E-state index is 13.2. The molecule has 1 N–H and O–H groups in total. The monoisotopic (exact) mass is 444 g/mol. The van der Waals surface area contributed by atoms with E-state index in [1.165, 1.54) is 0 Å². The summed E-state index contributed by atoms with van der Waals surface area (Å²) in [5.41, 5.74) is 1.37. The topological polar surface area (TPSA) is 67.9 Å². The van der Waals surface area contributed by atoms with Crippen LogP contribution in [0.1, 0.15) is 41.6 Å². The van der Waals surface area contributed by atoms with Gasteiger partial charge in [-0.3, -0.25) is 9.59 Å². The van der Waals surface area contributed by atoms with E-state index < -0.39 is 0 Å². The average molecular weight is 445 g/mol. The van der Waals surface area contributed by atoms with E-state index in [-0.39, 0.29) is 23.7 Å². The highest BCUT2D eigenvalue weighted by Crippen LogP contribution is 2.42. The fourth-order valence-electron chi connectivity index (χ4n) is 4.08. The van der Waals surface area contributed by atoms with Crippen molar-refractivity contribution in [3.63, 3.8) is 0 Å². The van der Waals surface area contributed by atoms with E-state index in [1.54, 1.807) is 43.4 Å². The molecule has 7 heteroatoms. The molecule has 2 aromatic rings. The Kier molecular flexibility index (Phi) is 7.80. The Hall–Kier alpha value is -2.73. The van der Waals surface area contributed by atoms with Gasteiger partial charge in [0.05, 0.1) is 20.1 Å². The predicted molar refractivity (Wildman–Crippen MR) is 121 cm³/mol. The first-order valence-corrected chi connectivity index (χ1v) is 10.9. The van der Waals surface area contributed by atoms with Crippen LogP contribution in [-0.4, -0.2) is 50.6 Å². The van der Waals surface area contributed by atoms with Gasteiger partial charge in [-0.2, -0.15) is 0 Å². The summed E-state index contributed by atoms with van der Waals surface area (Å²) in [6, 6.07) is 12.5. The van der Waals surface area contributed by atoms with Crippen LogP contribution >= 0.6 is 11.6 Å². The smallest absolute Gasteiger partial charge is 0.253 e. The quantitative estimate of drug-likeness (QED) is 0.621. The minimum atomic E-state index is -0.388. The number of likely N-dealkylation sites (tertiary alicyclic amines) is 1. The third kappa shape index (κ3) is 5.13. The molecule has 1 saturated heterocycles. The molecule has 0 radical (unpaired) electrons. The first kappa shape index (κ1) is 22.9. The third-order valence-corrected chi connectivity index (χ3v) is 5.91. The molecule has 0 spiro atoms. The molecule has 0 aliphatic carbocycles. The van der Waals surface area contributed by atoms with E-state index in [0.717, 1.165) is 18.4 Å². The summed E-state index contributed by atoms with van der Waals surface area (Å²) in [4.78, 5) is 28.0. The number of amides is 2. The van der Waals surface area contributed by atoms with Gasteiger partial charge in [0.25, 0.3) is 5.91 Å². The van der Waals surface area contributed by atoms with Crippen molar-refractivity contribution in [2.75, 3.05) is 33.9 Å². The minimum Gasteiger partial charge on any atom is -0.493 e. The first-order chi connectivity index (χ1) is 15.0. The average Bonchev–Trinajstić information content (AvgIpc) is 3.23. The van der Waals surface area contributed by atoms with Crippen molar-refractivity contribution >= 4 is 23.4 Å². The van der Waals surface area contributed by atoms with Crippen molar-refractivity contribution in [1.82, 2.24) is 10.2 Å². The maximum absolute atomic E-state index is 13.2. The number of para-hydroxylation sites is 1. The van der Waals surface area contributed by atoms with Gasteiger partial charge in [-0.15, -0.1) is 0 Å². The lowest BCUT2D eigenvalue weighted by Gasteiger charge is -2.21. The van der Waals surface area contributed by atoms with Crippen molar-refractivity contribution in [2.24, 2.45) is 5.92 Å². The second-order valence-corrected chi connectivity index (χ2v) is 8.10. The van der Waals surface area contributed by atoms with Gasteiger partial charge in [-0.05, 0) is 30.7 Å². The highest BCUT2D eigenvalue weighted by atomic mass is 35.5. The van der Waals surface area contributed by atoms with Crippen LogP contribution in [0, 0.1) is 5.92 Å². The molecule has 0 bridgehead atoms. The molecule has 2 amide bonds. The largest absolute Gasteiger partial charge is 0.493 e. The molecule has 31 heavy (non-hydrogen) atoms. The Bertz CT molecular complexity index is 934. The highest BCUT2D eigenvalue weighted by Gasteiger charge is 2.42.